The lowest BCUT2D eigenvalue weighted by atomic mass is 10.1. The number of para-hydroxylation sites is 1. The molecule has 0 spiro atoms. The fourth-order valence-corrected chi connectivity index (χ4v) is 3.53. The summed E-state index contributed by atoms with van der Waals surface area (Å²) in [6.45, 7) is 0.233. The summed E-state index contributed by atoms with van der Waals surface area (Å²) in [5.74, 6) is 0.538. The molecule has 0 unspecified atom stereocenters. The molecule has 4 rings (SSSR count). The van der Waals surface area contributed by atoms with Crippen LogP contribution >= 0.6 is 15.9 Å². The summed E-state index contributed by atoms with van der Waals surface area (Å²) in [6, 6.07) is 29.0. The molecule has 0 saturated heterocycles. The van der Waals surface area contributed by atoms with Crippen LogP contribution in [0.2, 0.25) is 0 Å². The van der Waals surface area contributed by atoms with Crippen LogP contribution in [-0.4, -0.2) is 16.8 Å². The van der Waals surface area contributed by atoms with E-state index in [2.05, 4.69) is 31.5 Å². The van der Waals surface area contributed by atoms with Gasteiger partial charge in [-0.3, -0.25) is 14.6 Å². The van der Waals surface area contributed by atoms with Gasteiger partial charge in [-0.2, -0.15) is 0 Å². The van der Waals surface area contributed by atoms with Crippen LogP contribution in [-0.2, 0) is 11.3 Å². The predicted molar refractivity (Wildman–Crippen MR) is 139 cm³/mol. The first-order valence-corrected chi connectivity index (χ1v) is 11.7. The molecule has 0 bridgehead atoms. The molecule has 174 valence electrons. The maximum atomic E-state index is 13.0. The number of carbonyl (C=O) groups excluding carboxylic acids is 2. The predicted octanol–water partition coefficient (Wildman–Crippen LogP) is 5.72. The molecule has 35 heavy (non-hydrogen) atoms. The van der Waals surface area contributed by atoms with Gasteiger partial charge in [0.05, 0.1) is 16.7 Å². The summed E-state index contributed by atoms with van der Waals surface area (Å²) < 4.78 is 6.75. The Labute approximate surface area is 211 Å². The number of pyridine rings is 1. The third-order valence-electron chi connectivity index (χ3n) is 4.94. The Morgan fingerprint density at radius 3 is 2.29 bits per heavy atom. The second kappa shape index (κ2) is 11.8. The molecule has 0 fully saturated rings. The topological polar surface area (TPSA) is 80.3 Å². The van der Waals surface area contributed by atoms with Crippen LogP contribution in [0.15, 0.2) is 113 Å². The summed E-state index contributed by atoms with van der Waals surface area (Å²) in [6.07, 6.45) is 3.28. The molecule has 1 aromatic heterocycles. The van der Waals surface area contributed by atoms with Gasteiger partial charge in [0.1, 0.15) is 17.2 Å². The number of benzene rings is 3. The molecule has 0 atom stereocenters. The molecule has 0 saturated carbocycles. The summed E-state index contributed by atoms with van der Waals surface area (Å²) in [7, 11) is 0. The number of rotatable bonds is 8. The molecule has 2 amide bonds. The lowest BCUT2D eigenvalue weighted by Crippen LogP contribution is -2.34. The van der Waals surface area contributed by atoms with Crippen LogP contribution in [0.25, 0.3) is 6.08 Å². The highest BCUT2D eigenvalue weighted by Gasteiger charge is 2.15. The molecule has 6 nitrogen and oxygen atoms in total. The summed E-state index contributed by atoms with van der Waals surface area (Å²) in [5.41, 5.74) is 2.01. The number of amides is 2. The van der Waals surface area contributed by atoms with Crippen molar-refractivity contribution < 1.29 is 14.3 Å². The summed E-state index contributed by atoms with van der Waals surface area (Å²) >= 11 is 3.47. The third kappa shape index (κ3) is 6.88. The lowest BCUT2D eigenvalue weighted by Gasteiger charge is -2.12. The van der Waals surface area contributed by atoms with Crippen molar-refractivity contribution in [1.82, 2.24) is 15.6 Å². The first kappa shape index (κ1) is 23.9. The van der Waals surface area contributed by atoms with Gasteiger partial charge in [-0.1, -0.05) is 48.5 Å². The van der Waals surface area contributed by atoms with Gasteiger partial charge in [0, 0.05) is 11.8 Å². The Balaban J connectivity index is 1.53. The molecule has 0 aliphatic rings. The van der Waals surface area contributed by atoms with Crippen molar-refractivity contribution in [1.29, 1.82) is 0 Å². The SMILES string of the molecule is O=C(NCc1ccccn1)C(=Cc1ccc(Oc2ccccc2Br)cc1)NC(=O)c1ccccc1. The van der Waals surface area contributed by atoms with E-state index >= 15 is 0 Å². The number of carbonyl (C=O) groups is 2. The molecule has 2 N–H and O–H groups in total. The number of halogens is 1. The number of nitrogens with one attached hydrogen (secondary N) is 2. The smallest absolute Gasteiger partial charge is 0.268 e. The second-order valence-electron chi connectivity index (χ2n) is 7.48. The Morgan fingerprint density at radius 2 is 1.57 bits per heavy atom. The minimum absolute atomic E-state index is 0.120. The minimum atomic E-state index is -0.423. The largest absolute Gasteiger partial charge is 0.456 e. The quantitative estimate of drug-likeness (QED) is 0.287. The molecule has 3 aromatic carbocycles. The number of ether oxygens (including phenoxy) is 1. The average molecular weight is 528 g/mol. The Bertz CT molecular complexity index is 1320. The van der Waals surface area contributed by atoms with Crippen molar-refractivity contribution in [2.24, 2.45) is 0 Å². The number of hydrogen-bond acceptors (Lipinski definition) is 4. The van der Waals surface area contributed by atoms with Crippen LogP contribution in [0.3, 0.4) is 0 Å². The minimum Gasteiger partial charge on any atom is -0.456 e. The third-order valence-corrected chi connectivity index (χ3v) is 5.60. The number of nitrogens with zero attached hydrogens (tertiary/aromatic N) is 1. The summed E-state index contributed by atoms with van der Waals surface area (Å²) in [5, 5.41) is 5.54. The van der Waals surface area contributed by atoms with Crippen LogP contribution in [0.1, 0.15) is 21.6 Å². The maximum absolute atomic E-state index is 13.0. The first-order valence-electron chi connectivity index (χ1n) is 10.9. The fourth-order valence-electron chi connectivity index (χ4n) is 3.16. The van der Waals surface area contributed by atoms with E-state index < -0.39 is 5.91 Å². The molecule has 7 heteroatoms. The van der Waals surface area contributed by atoms with Crippen molar-refractivity contribution in [2.45, 2.75) is 6.54 Å². The van der Waals surface area contributed by atoms with Crippen molar-refractivity contribution in [3.05, 3.63) is 130 Å². The Morgan fingerprint density at radius 1 is 0.857 bits per heavy atom. The molecule has 4 aromatic rings. The van der Waals surface area contributed by atoms with E-state index in [0.29, 0.717) is 22.8 Å². The van der Waals surface area contributed by atoms with E-state index in [1.165, 1.54) is 0 Å². The zero-order chi connectivity index (χ0) is 24.5. The molecular weight excluding hydrogens is 506 g/mol. The van der Waals surface area contributed by atoms with Gasteiger partial charge in [-0.05, 0) is 76.1 Å². The fraction of sp³-hybridized carbons (Fsp3) is 0.0357. The van der Waals surface area contributed by atoms with Crippen LogP contribution in [0, 0.1) is 0 Å². The monoisotopic (exact) mass is 527 g/mol. The number of hydrogen-bond donors (Lipinski definition) is 2. The second-order valence-corrected chi connectivity index (χ2v) is 8.34. The maximum Gasteiger partial charge on any atom is 0.268 e. The molecule has 0 aliphatic heterocycles. The zero-order valence-corrected chi connectivity index (χ0v) is 20.2. The van der Waals surface area contributed by atoms with Crippen LogP contribution in [0.4, 0.5) is 0 Å². The van der Waals surface area contributed by atoms with Gasteiger partial charge < -0.3 is 15.4 Å². The first-order chi connectivity index (χ1) is 17.1. The highest BCUT2D eigenvalue weighted by atomic mass is 79.9. The molecular formula is C28H22BrN3O3. The van der Waals surface area contributed by atoms with Crippen molar-refractivity contribution >= 4 is 33.8 Å². The van der Waals surface area contributed by atoms with Crippen LogP contribution < -0.4 is 15.4 Å². The van der Waals surface area contributed by atoms with Crippen molar-refractivity contribution in [3.8, 4) is 11.5 Å². The molecule has 0 radical (unpaired) electrons. The van der Waals surface area contributed by atoms with Gasteiger partial charge in [0.2, 0.25) is 0 Å². The van der Waals surface area contributed by atoms with Gasteiger partial charge in [0.15, 0.2) is 0 Å². The van der Waals surface area contributed by atoms with Gasteiger partial charge in [0.25, 0.3) is 11.8 Å². The lowest BCUT2D eigenvalue weighted by molar-refractivity contribution is -0.117. The Kier molecular flexibility index (Phi) is 8.04. The Hall–Kier alpha value is -4.23. The number of aromatic nitrogens is 1. The average Bonchev–Trinajstić information content (AvgIpc) is 2.90. The van der Waals surface area contributed by atoms with Gasteiger partial charge in [-0.25, -0.2) is 0 Å². The standard InChI is InChI=1S/C28H22BrN3O3/c29-24-11-4-5-12-26(24)35-23-15-13-20(14-16-23)18-25(32-27(33)21-8-2-1-3-9-21)28(34)31-19-22-10-6-7-17-30-22/h1-18H,19H2,(H,31,34)(H,32,33). The van der Waals surface area contributed by atoms with E-state index in [4.69, 9.17) is 4.74 Å². The highest BCUT2D eigenvalue weighted by molar-refractivity contribution is 9.10. The van der Waals surface area contributed by atoms with E-state index in [1.54, 1.807) is 54.7 Å². The van der Waals surface area contributed by atoms with Crippen molar-refractivity contribution in [3.63, 3.8) is 0 Å². The van der Waals surface area contributed by atoms with Crippen molar-refractivity contribution in [2.75, 3.05) is 0 Å². The van der Waals surface area contributed by atoms with E-state index in [0.717, 1.165) is 10.0 Å². The van der Waals surface area contributed by atoms with E-state index in [9.17, 15) is 9.59 Å². The van der Waals surface area contributed by atoms with Crippen LogP contribution in [0.5, 0.6) is 11.5 Å². The van der Waals surface area contributed by atoms with Gasteiger partial charge in [-0.15, -0.1) is 0 Å². The molecule has 1 heterocycles. The summed E-state index contributed by atoms with van der Waals surface area (Å²) in [4.78, 5) is 29.9. The van der Waals surface area contributed by atoms with E-state index in [-0.39, 0.29) is 18.1 Å². The normalized spacial score (nSPS) is 10.9. The molecule has 0 aliphatic carbocycles. The highest BCUT2D eigenvalue weighted by Crippen LogP contribution is 2.29. The van der Waals surface area contributed by atoms with E-state index in [1.807, 2.05) is 54.6 Å². The van der Waals surface area contributed by atoms with Gasteiger partial charge >= 0.3 is 0 Å². The zero-order valence-electron chi connectivity index (χ0n) is 18.6.